The number of amides is 2. The van der Waals surface area contributed by atoms with Crippen molar-refractivity contribution in [1.29, 1.82) is 0 Å². The highest BCUT2D eigenvalue weighted by Crippen LogP contribution is 2.26. The fourth-order valence-corrected chi connectivity index (χ4v) is 4.38. The number of hydrogen-bond acceptors (Lipinski definition) is 3. The van der Waals surface area contributed by atoms with Gasteiger partial charge in [-0.1, -0.05) is 91.0 Å². The molecule has 2 heterocycles. The van der Waals surface area contributed by atoms with Crippen molar-refractivity contribution in [2.45, 2.75) is 25.6 Å². The van der Waals surface area contributed by atoms with Gasteiger partial charge in [-0.15, -0.1) is 0 Å². The van der Waals surface area contributed by atoms with Gasteiger partial charge in [-0.05, 0) is 23.1 Å². The van der Waals surface area contributed by atoms with E-state index < -0.39 is 0 Å². The van der Waals surface area contributed by atoms with E-state index >= 15 is 0 Å². The summed E-state index contributed by atoms with van der Waals surface area (Å²) in [6, 6.07) is 29.9. The summed E-state index contributed by atoms with van der Waals surface area (Å²) in [5, 5.41) is 13.6. The Labute approximate surface area is 193 Å². The van der Waals surface area contributed by atoms with Crippen molar-refractivity contribution in [2.24, 2.45) is 0 Å². The minimum Gasteiger partial charge on any atom is -0.327 e. The number of benzene rings is 3. The molecule has 0 unspecified atom stereocenters. The zero-order valence-electron chi connectivity index (χ0n) is 18.4. The maximum Gasteiger partial charge on any atom is 0.321 e. The average molecular weight is 438 g/mol. The third-order valence-electron chi connectivity index (χ3n) is 6.03. The van der Waals surface area contributed by atoms with E-state index in [1.807, 2.05) is 66.7 Å². The topological polar surface area (TPSA) is 73.0 Å². The van der Waals surface area contributed by atoms with Gasteiger partial charge in [0.2, 0.25) is 0 Å². The number of fused-ring (bicyclic) bond motifs is 1. The van der Waals surface area contributed by atoms with Crippen LogP contribution in [-0.4, -0.2) is 27.7 Å². The monoisotopic (exact) mass is 437 g/mol. The van der Waals surface area contributed by atoms with Gasteiger partial charge < -0.3 is 5.32 Å². The maximum atomic E-state index is 13.0. The smallest absolute Gasteiger partial charge is 0.321 e. The van der Waals surface area contributed by atoms with Crippen LogP contribution in [0.3, 0.4) is 0 Å². The van der Waals surface area contributed by atoms with E-state index in [9.17, 15) is 4.79 Å². The summed E-state index contributed by atoms with van der Waals surface area (Å²) in [4.78, 5) is 15.4. The number of anilines is 1. The lowest BCUT2D eigenvalue weighted by atomic mass is 9.99. The van der Waals surface area contributed by atoms with Crippen molar-refractivity contribution in [3.8, 4) is 0 Å². The van der Waals surface area contributed by atoms with Gasteiger partial charge in [-0.3, -0.25) is 15.3 Å². The third kappa shape index (κ3) is 4.96. The Morgan fingerprint density at radius 3 is 2.15 bits per heavy atom. The second-order valence-corrected chi connectivity index (χ2v) is 8.33. The van der Waals surface area contributed by atoms with Crippen molar-refractivity contribution in [3.63, 3.8) is 0 Å². The lowest BCUT2D eigenvalue weighted by Gasteiger charge is -2.26. The molecule has 3 N–H and O–H groups in total. The highest BCUT2D eigenvalue weighted by atomic mass is 16.2. The second kappa shape index (κ2) is 9.71. The minimum atomic E-state index is -0.270. The summed E-state index contributed by atoms with van der Waals surface area (Å²) in [6.07, 6.45) is 0.842. The second-order valence-electron chi connectivity index (χ2n) is 8.33. The summed E-state index contributed by atoms with van der Waals surface area (Å²) in [7, 11) is 0. The van der Waals surface area contributed by atoms with Crippen LogP contribution in [0.4, 0.5) is 10.6 Å². The first-order valence-electron chi connectivity index (χ1n) is 11.3. The molecule has 0 atom stereocenters. The number of carbonyl (C=O) groups excluding carboxylic acids is 1. The summed E-state index contributed by atoms with van der Waals surface area (Å²) in [6.45, 7) is 2.62. The van der Waals surface area contributed by atoms with E-state index in [0.717, 1.165) is 48.4 Å². The summed E-state index contributed by atoms with van der Waals surface area (Å²) >= 11 is 0. The molecular weight excluding hydrogens is 410 g/mol. The van der Waals surface area contributed by atoms with Gasteiger partial charge in [-0.25, -0.2) is 4.79 Å². The number of aromatic amines is 1. The van der Waals surface area contributed by atoms with Crippen LogP contribution in [0.5, 0.6) is 0 Å². The largest absolute Gasteiger partial charge is 0.327 e. The first kappa shape index (κ1) is 21.0. The van der Waals surface area contributed by atoms with Gasteiger partial charge in [0.25, 0.3) is 0 Å². The van der Waals surface area contributed by atoms with E-state index in [2.05, 4.69) is 50.0 Å². The van der Waals surface area contributed by atoms with Crippen LogP contribution in [-0.2, 0) is 19.5 Å². The molecule has 4 aromatic rings. The molecule has 1 aliphatic heterocycles. The molecule has 3 aromatic carbocycles. The van der Waals surface area contributed by atoms with Crippen molar-refractivity contribution >= 4 is 11.8 Å². The third-order valence-corrected chi connectivity index (χ3v) is 6.03. The molecule has 166 valence electrons. The molecule has 33 heavy (non-hydrogen) atoms. The predicted molar refractivity (Wildman–Crippen MR) is 130 cm³/mol. The molecule has 6 heteroatoms. The molecule has 5 rings (SSSR count). The molecule has 0 aliphatic carbocycles. The van der Waals surface area contributed by atoms with Crippen LogP contribution in [0.25, 0.3) is 0 Å². The minimum absolute atomic E-state index is 0.247. The van der Waals surface area contributed by atoms with Crippen LogP contribution in [0, 0.1) is 0 Å². The number of aromatic nitrogens is 2. The van der Waals surface area contributed by atoms with E-state index in [4.69, 9.17) is 0 Å². The van der Waals surface area contributed by atoms with Gasteiger partial charge in [0.1, 0.15) is 0 Å². The molecule has 2 amide bonds. The Bertz CT molecular complexity index is 1150. The van der Waals surface area contributed by atoms with Gasteiger partial charge >= 0.3 is 6.03 Å². The zero-order valence-corrected chi connectivity index (χ0v) is 18.4. The SMILES string of the molecule is O=C(Nc1n[nH]c2c1CCN(Cc1ccccc1)C2)NC(c1ccccc1)c1ccccc1. The predicted octanol–water partition coefficient (Wildman–Crippen LogP) is 4.88. The highest BCUT2D eigenvalue weighted by Gasteiger charge is 2.24. The molecule has 6 nitrogen and oxygen atoms in total. The number of nitrogens with zero attached hydrogens (tertiary/aromatic N) is 2. The average Bonchev–Trinajstić information content (AvgIpc) is 3.26. The van der Waals surface area contributed by atoms with Gasteiger partial charge in [0, 0.05) is 25.2 Å². The van der Waals surface area contributed by atoms with E-state index in [1.54, 1.807) is 0 Å². The maximum absolute atomic E-state index is 13.0. The quantitative estimate of drug-likeness (QED) is 0.403. The zero-order chi connectivity index (χ0) is 22.5. The Hall–Kier alpha value is -3.90. The highest BCUT2D eigenvalue weighted by molar-refractivity contribution is 5.89. The van der Waals surface area contributed by atoms with Crippen LogP contribution >= 0.6 is 0 Å². The molecule has 0 bridgehead atoms. The molecule has 0 radical (unpaired) electrons. The van der Waals surface area contributed by atoms with Crippen molar-refractivity contribution in [3.05, 3.63) is 119 Å². The first-order chi connectivity index (χ1) is 16.3. The fraction of sp³-hybridized carbons (Fsp3) is 0.185. The Morgan fingerprint density at radius 1 is 0.909 bits per heavy atom. The Morgan fingerprint density at radius 2 is 1.52 bits per heavy atom. The van der Waals surface area contributed by atoms with Crippen molar-refractivity contribution in [2.75, 3.05) is 11.9 Å². The summed E-state index contributed by atoms with van der Waals surface area (Å²) < 4.78 is 0. The molecule has 0 spiro atoms. The lowest BCUT2D eigenvalue weighted by Crippen LogP contribution is -2.34. The molecule has 0 fully saturated rings. The summed E-state index contributed by atoms with van der Waals surface area (Å²) in [5.74, 6) is 0.613. The van der Waals surface area contributed by atoms with Gasteiger partial charge in [0.15, 0.2) is 5.82 Å². The lowest BCUT2D eigenvalue weighted by molar-refractivity contribution is 0.242. The molecule has 0 saturated heterocycles. The number of H-pyrrole nitrogens is 1. The van der Waals surface area contributed by atoms with Crippen molar-refractivity contribution < 1.29 is 4.79 Å². The van der Waals surface area contributed by atoms with Crippen LogP contribution in [0.15, 0.2) is 91.0 Å². The molecule has 0 saturated carbocycles. The van der Waals surface area contributed by atoms with Gasteiger partial charge in [-0.2, -0.15) is 5.10 Å². The molecule has 1 aromatic heterocycles. The number of hydrogen-bond donors (Lipinski definition) is 3. The molecular formula is C27H27N5O. The van der Waals surface area contributed by atoms with E-state index in [-0.39, 0.29) is 12.1 Å². The van der Waals surface area contributed by atoms with Crippen LogP contribution in [0.1, 0.15) is 34.0 Å². The number of nitrogens with one attached hydrogen (secondary N) is 3. The van der Waals surface area contributed by atoms with Crippen LogP contribution < -0.4 is 10.6 Å². The first-order valence-corrected chi connectivity index (χ1v) is 11.3. The number of carbonyl (C=O) groups is 1. The van der Waals surface area contributed by atoms with E-state index in [1.165, 1.54) is 5.56 Å². The Balaban J connectivity index is 1.27. The Kier molecular flexibility index (Phi) is 6.17. The van der Waals surface area contributed by atoms with Gasteiger partial charge in [0.05, 0.1) is 11.7 Å². The number of rotatable bonds is 6. The fourth-order valence-electron chi connectivity index (χ4n) is 4.38. The normalized spacial score (nSPS) is 13.5. The van der Waals surface area contributed by atoms with E-state index in [0.29, 0.717) is 5.82 Å². The number of urea groups is 1. The van der Waals surface area contributed by atoms with Crippen molar-refractivity contribution in [1.82, 2.24) is 20.4 Å². The van der Waals surface area contributed by atoms with Crippen LogP contribution in [0.2, 0.25) is 0 Å². The standard InChI is InChI=1S/C27H27N5O/c33-27(28-25(21-12-6-2-7-13-21)22-14-8-3-9-15-22)29-26-23-16-17-32(19-24(23)30-31-26)18-20-10-4-1-5-11-20/h1-15,25H,16-19H2,(H3,28,29,30,31,33). The summed E-state index contributed by atoms with van der Waals surface area (Å²) in [5.41, 5.74) is 5.51. The molecule has 1 aliphatic rings.